The van der Waals surface area contributed by atoms with E-state index in [1.165, 1.54) is 12.1 Å². The molecule has 3 aromatic carbocycles. The monoisotopic (exact) mass is 545 g/mol. The molecule has 0 radical (unpaired) electrons. The van der Waals surface area contributed by atoms with Gasteiger partial charge in [0.25, 0.3) is 0 Å². The van der Waals surface area contributed by atoms with E-state index in [0.29, 0.717) is 56.5 Å². The summed E-state index contributed by atoms with van der Waals surface area (Å²) in [4.78, 5) is 17.3. The van der Waals surface area contributed by atoms with E-state index in [9.17, 15) is 22.4 Å². The van der Waals surface area contributed by atoms with Crippen LogP contribution in [0.2, 0.25) is 0 Å². The average Bonchev–Trinajstić information content (AvgIpc) is 3.67. The van der Waals surface area contributed by atoms with Gasteiger partial charge in [-0.25, -0.2) is 0 Å². The van der Waals surface area contributed by atoms with E-state index in [0.717, 1.165) is 31.1 Å². The van der Waals surface area contributed by atoms with Gasteiger partial charge in [0.15, 0.2) is 5.43 Å². The smallest absolute Gasteiger partial charge is 0.488 e. The molecule has 0 atom stereocenters. The van der Waals surface area contributed by atoms with Crippen molar-refractivity contribution in [3.05, 3.63) is 70.4 Å². The minimum atomic E-state index is -5.20. The van der Waals surface area contributed by atoms with Crippen LogP contribution in [0.25, 0.3) is 44.0 Å². The molecule has 0 bridgehead atoms. The van der Waals surface area contributed by atoms with Gasteiger partial charge >= 0.3 is 10.5 Å². The summed E-state index contributed by atoms with van der Waals surface area (Å²) in [5, 5.41) is 11.2. The van der Waals surface area contributed by atoms with Crippen molar-refractivity contribution in [3.8, 4) is 28.7 Å². The number of nitriles is 1. The highest BCUT2D eigenvalue weighted by molar-refractivity contribution is 7.81. The van der Waals surface area contributed by atoms with Gasteiger partial charge in [-0.1, -0.05) is 35.4 Å². The summed E-state index contributed by atoms with van der Waals surface area (Å²) in [6.07, 6.45) is 3.62. The quantitative estimate of drug-likeness (QED) is 0.181. The lowest BCUT2D eigenvalue weighted by atomic mass is 10.0. The first-order chi connectivity index (χ1) is 18.8. The highest BCUT2D eigenvalue weighted by Crippen LogP contribution is 2.43. The summed E-state index contributed by atoms with van der Waals surface area (Å²) in [7, 11) is -5.20. The summed E-state index contributed by atoms with van der Waals surface area (Å²) < 4.78 is 48.2. The van der Waals surface area contributed by atoms with Gasteiger partial charge in [-0.2, -0.15) is 13.7 Å². The van der Waals surface area contributed by atoms with Gasteiger partial charge in [-0.05, 0) is 61.2 Å². The number of rotatable bonds is 8. The Balaban J connectivity index is 1.65. The Labute approximate surface area is 223 Å². The van der Waals surface area contributed by atoms with Crippen molar-refractivity contribution in [2.45, 2.75) is 38.6 Å². The normalized spacial score (nSPS) is 13.7. The van der Waals surface area contributed by atoms with Crippen LogP contribution in [-0.2, 0) is 10.5 Å². The van der Waals surface area contributed by atoms with Crippen LogP contribution < -0.4 is 14.3 Å². The van der Waals surface area contributed by atoms with Crippen LogP contribution in [0.1, 0.15) is 44.2 Å². The Morgan fingerprint density at radius 2 is 1.95 bits per heavy atom. The van der Waals surface area contributed by atoms with Crippen molar-refractivity contribution >= 4 is 43.3 Å². The number of halogens is 1. The Morgan fingerprint density at radius 3 is 2.67 bits per heavy atom. The zero-order valence-electron chi connectivity index (χ0n) is 21.0. The molecule has 0 aliphatic heterocycles. The van der Waals surface area contributed by atoms with Crippen LogP contribution in [-0.4, -0.2) is 24.6 Å². The van der Waals surface area contributed by atoms with Gasteiger partial charge in [0.1, 0.15) is 17.1 Å². The fourth-order valence-electron chi connectivity index (χ4n) is 5.08. The molecule has 1 fully saturated rings. The number of H-pyrrole nitrogens is 1. The fourth-order valence-corrected chi connectivity index (χ4v) is 5.42. The largest absolute Gasteiger partial charge is 0.493 e. The standard InChI is InChI=1S/C29H24FN3O5S/c1-2-3-11-37-26-15-23-25(14-22(26)18-5-4-6-20(13-18)38-39(30,35)36)33(19-8-9-19)29-27(28(23)34)21-10-7-17(16-31)12-24(21)32-29/h4-7,10,12-15,19,32H,2-3,8-9,11H2,1H3. The minimum absolute atomic E-state index is 0.152. The molecule has 8 nitrogen and oxygen atoms in total. The van der Waals surface area contributed by atoms with E-state index in [-0.39, 0.29) is 17.2 Å². The third-order valence-corrected chi connectivity index (χ3v) is 7.38. The maximum atomic E-state index is 14.0. The first-order valence-corrected chi connectivity index (χ1v) is 14.0. The predicted molar refractivity (Wildman–Crippen MR) is 147 cm³/mol. The van der Waals surface area contributed by atoms with Crippen molar-refractivity contribution < 1.29 is 21.2 Å². The third-order valence-electron chi connectivity index (χ3n) is 6.99. The molecule has 39 heavy (non-hydrogen) atoms. The maximum absolute atomic E-state index is 14.0. The first-order valence-electron chi connectivity index (χ1n) is 12.7. The fraction of sp³-hybridized carbons (Fsp3) is 0.241. The van der Waals surface area contributed by atoms with Gasteiger partial charge in [-0.15, -0.1) is 0 Å². The number of unbranched alkanes of at least 4 members (excludes halogenated alkanes) is 1. The van der Waals surface area contributed by atoms with Gasteiger partial charge in [0.05, 0.1) is 34.5 Å². The molecule has 198 valence electrons. The second-order valence-electron chi connectivity index (χ2n) is 9.72. The van der Waals surface area contributed by atoms with E-state index in [4.69, 9.17) is 4.74 Å². The van der Waals surface area contributed by atoms with Gasteiger partial charge < -0.3 is 18.5 Å². The molecule has 1 aliphatic rings. The molecule has 0 saturated heterocycles. The Kier molecular flexibility index (Phi) is 6.03. The van der Waals surface area contributed by atoms with Gasteiger partial charge in [0.2, 0.25) is 0 Å². The Bertz CT molecular complexity index is 1980. The van der Waals surface area contributed by atoms with Gasteiger partial charge in [0, 0.05) is 22.5 Å². The van der Waals surface area contributed by atoms with Crippen LogP contribution in [0.4, 0.5) is 3.89 Å². The molecule has 5 aromatic rings. The van der Waals surface area contributed by atoms with Crippen molar-refractivity contribution in [2.75, 3.05) is 6.61 Å². The lowest BCUT2D eigenvalue weighted by Gasteiger charge is -2.17. The number of aromatic nitrogens is 2. The molecule has 0 spiro atoms. The highest BCUT2D eigenvalue weighted by Gasteiger charge is 2.29. The number of benzene rings is 3. The molecule has 0 amide bonds. The number of pyridine rings is 1. The molecule has 6 rings (SSSR count). The number of aromatic amines is 1. The van der Waals surface area contributed by atoms with E-state index in [1.807, 2.05) is 13.0 Å². The number of hydrogen-bond donors (Lipinski definition) is 1. The Hall–Kier alpha value is -4.36. The van der Waals surface area contributed by atoms with Gasteiger partial charge in [-0.3, -0.25) is 4.79 Å². The van der Waals surface area contributed by atoms with Crippen molar-refractivity contribution in [1.82, 2.24) is 9.55 Å². The van der Waals surface area contributed by atoms with E-state index < -0.39 is 10.5 Å². The second-order valence-corrected chi connectivity index (χ2v) is 10.7. The molecule has 1 aliphatic carbocycles. The second kappa shape index (κ2) is 9.43. The van der Waals surface area contributed by atoms with Crippen LogP contribution in [0.15, 0.2) is 59.4 Å². The Morgan fingerprint density at radius 1 is 1.13 bits per heavy atom. The van der Waals surface area contributed by atoms with Crippen LogP contribution in [0.5, 0.6) is 11.5 Å². The summed E-state index contributed by atoms with van der Waals surface area (Å²) >= 11 is 0. The molecule has 2 aromatic heterocycles. The highest BCUT2D eigenvalue weighted by atomic mass is 32.3. The first kappa shape index (κ1) is 24.9. The zero-order valence-corrected chi connectivity index (χ0v) is 21.8. The molecule has 1 N–H and O–H groups in total. The molecule has 0 unspecified atom stereocenters. The summed E-state index contributed by atoms with van der Waals surface area (Å²) in [5.41, 5.74) is 3.61. The van der Waals surface area contributed by atoms with Crippen molar-refractivity contribution in [1.29, 1.82) is 5.26 Å². The number of ether oxygens (including phenoxy) is 1. The van der Waals surface area contributed by atoms with Crippen LogP contribution in [0.3, 0.4) is 0 Å². The maximum Gasteiger partial charge on any atom is 0.488 e. The number of fused-ring (bicyclic) bond motifs is 4. The average molecular weight is 546 g/mol. The molecular weight excluding hydrogens is 521 g/mol. The lowest BCUT2D eigenvalue weighted by molar-refractivity contribution is 0.311. The number of hydrogen-bond acceptors (Lipinski definition) is 6. The van der Waals surface area contributed by atoms with Crippen LogP contribution >= 0.6 is 0 Å². The molecule has 10 heteroatoms. The molecular formula is C29H24FN3O5S. The van der Waals surface area contributed by atoms with Crippen LogP contribution in [0, 0.1) is 11.3 Å². The lowest BCUT2D eigenvalue weighted by Crippen LogP contribution is -2.11. The zero-order chi connectivity index (χ0) is 27.3. The van der Waals surface area contributed by atoms with Crippen molar-refractivity contribution in [2.24, 2.45) is 0 Å². The summed E-state index contributed by atoms with van der Waals surface area (Å²) in [6.45, 7) is 2.47. The number of nitrogens with zero attached hydrogens (tertiary/aromatic N) is 2. The minimum Gasteiger partial charge on any atom is -0.493 e. The summed E-state index contributed by atoms with van der Waals surface area (Å²) in [6, 6.07) is 17.3. The molecule has 2 heterocycles. The van der Waals surface area contributed by atoms with E-state index >= 15 is 0 Å². The SMILES string of the molecule is CCCCOc1cc2c(=O)c3c4ccc(C#N)cc4[nH]c3n(C3CC3)c2cc1-c1cccc(OS(=O)(=O)F)c1. The number of nitrogens with one attached hydrogen (secondary N) is 1. The van der Waals surface area contributed by atoms with E-state index in [1.54, 1.807) is 36.4 Å². The molecule has 1 saturated carbocycles. The van der Waals surface area contributed by atoms with Crippen molar-refractivity contribution in [3.63, 3.8) is 0 Å². The van der Waals surface area contributed by atoms with E-state index in [2.05, 4.69) is 19.8 Å². The third kappa shape index (κ3) is 4.59. The summed E-state index contributed by atoms with van der Waals surface area (Å²) in [5.74, 6) is 0.287. The predicted octanol–water partition coefficient (Wildman–Crippen LogP) is 6.28. The topological polar surface area (TPSA) is 114 Å².